The van der Waals surface area contributed by atoms with Crippen molar-refractivity contribution in [3.8, 4) is 5.75 Å². The van der Waals surface area contributed by atoms with Crippen molar-refractivity contribution in [2.45, 2.75) is 16.2 Å². The maximum absolute atomic E-state index is 12.3. The summed E-state index contributed by atoms with van der Waals surface area (Å²) in [5.41, 5.74) is 1.86. The molecule has 0 radical (unpaired) electrons. The lowest BCUT2D eigenvalue weighted by atomic mass is 10.0. The van der Waals surface area contributed by atoms with Crippen LogP contribution in [0.15, 0.2) is 52.3 Å². The normalized spacial score (nSPS) is 13.5. The Labute approximate surface area is 110 Å². The van der Waals surface area contributed by atoms with E-state index in [-0.39, 0.29) is 5.78 Å². The van der Waals surface area contributed by atoms with Gasteiger partial charge in [0, 0.05) is 21.8 Å². The van der Waals surface area contributed by atoms with Gasteiger partial charge in [-0.1, -0.05) is 30.0 Å². The van der Waals surface area contributed by atoms with Crippen molar-refractivity contribution < 1.29 is 9.53 Å². The number of carbonyl (C=O) groups is 1. The van der Waals surface area contributed by atoms with Crippen molar-refractivity contribution in [1.29, 1.82) is 0 Å². The summed E-state index contributed by atoms with van der Waals surface area (Å²) in [7, 11) is 1.62. The first-order valence-electron chi connectivity index (χ1n) is 5.75. The van der Waals surface area contributed by atoms with Crippen LogP contribution in [0.2, 0.25) is 0 Å². The number of benzene rings is 2. The van der Waals surface area contributed by atoms with Gasteiger partial charge in [0.15, 0.2) is 5.78 Å². The Morgan fingerprint density at radius 2 is 1.94 bits per heavy atom. The fraction of sp³-hybridized carbons (Fsp3) is 0.133. The Morgan fingerprint density at radius 1 is 1.11 bits per heavy atom. The Kier molecular flexibility index (Phi) is 2.84. The van der Waals surface area contributed by atoms with E-state index < -0.39 is 0 Å². The van der Waals surface area contributed by atoms with Crippen molar-refractivity contribution in [3.05, 3.63) is 53.6 Å². The summed E-state index contributed by atoms with van der Waals surface area (Å²) in [4.78, 5) is 14.4. The Morgan fingerprint density at radius 3 is 2.78 bits per heavy atom. The van der Waals surface area contributed by atoms with Gasteiger partial charge in [-0.05, 0) is 29.8 Å². The molecule has 0 fully saturated rings. The van der Waals surface area contributed by atoms with E-state index in [9.17, 15) is 4.79 Å². The van der Waals surface area contributed by atoms with Crippen molar-refractivity contribution in [2.24, 2.45) is 0 Å². The van der Waals surface area contributed by atoms with Crippen molar-refractivity contribution in [1.82, 2.24) is 0 Å². The second-order valence-electron chi connectivity index (χ2n) is 4.17. The number of carbonyl (C=O) groups excluding carboxylic acids is 1. The van der Waals surface area contributed by atoms with E-state index in [0.29, 0.717) is 6.42 Å². The Hall–Kier alpha value is -1.74. The van der Waals surface area contributed by atoms with Crippen LogP contribution in [0.3, 0.4) is 0 Å². The lowest BCUT2D eigenvalue weighted by Crippen LogP contribution is -2.03. The average molecular weight is 256 g/mol. The average Bonchev–Trinajstić information content (AvgIpc) is 2.54. The minimum Gasteiger partial charge on any atom is -0.497 e. The van der Waals surface area contributed by atoms with Gasteiger partial charge in [0.1, 0.15) is 5.75 Å². The van der Waals surface area contributed by atoms with Gasteiger partial charge in [-0.25, -0.2) is 0 Å². The second kappa shape index (κ2) is 4.50. The topological polar surface area (TPSA) is 26.3 Å². The van der Waals surface area contributed by atoms with Gasteiger partial charge >= 0.3 is 0 Å². The highest BCUT2D eigenvalue weighted by Crippen LogP contribution is 2.38. The summed E-state index contributed by atoms with van der Waals surface area (Å²) in [5.74, 6) is 0.884. The molecule has 1 heterocycles. The molecule has 0 saturated carbocycles. The predicted octanol–water partition coefficient (Wildman–Crippen LogP) is 3.59. The second-order valence-corrected chi connectivity index (χ2v) is 5.26. The van der Waals surface area contributed by atoms with Gasteiger partial charge in [0.2, 0.25) is 0 Å². The zero-order valence-corrected chi connectivity index (χ0v) is 10.8. The summed E-state index contributed by atoms with van der Waals surface area (Å²) in [5, 5.41) is 0. The molecule has 90 valence electrons. The molecule has 2 aromatic carbocycles. The molecule has 0 amide bonds. The molecular weight excluding hydrogens is 244 g/mol. The van der Waals surface area contributed by atoms with Crippen molar-refractivity contribution in [2.75, 3.05) is 7.11 Å². The lowest BCUT2D eigenvalue weighted by molar-refractivity contribution is 0.0990. The van der Waals surface area contributed by atoms with E-state index in [1.807, 2.05) is 36.4 Å². The number of Topliss-reactive ketones (excluding diaryl/α,β-unsaturated/α-hetero) is 1. The van der Waals surface area contributed by atoms with Gasteiger partial charge in [-0.3, -0.25) is 4.79 Å². The van der Waals surface area contributed by atoms with Crippen LogP contribution in [0, 0.1) is 0 Å². The molecule has 3 rings (SSSR count). The number of rotatable bonds is 1. The van der Waals surface area contributed by atoms with Gasteiger partial charge in [-0.2, -0.15) is 0 Å². The zero-order chi connectivity index (χ0) is 12.5. The Balaban J connectivity index is 2.13. The molecule has 0 N–H and O–H groups in total. The van der Waals surface area contributed by atoms with E-state index in [2.05, 4.69) is 6.07 Å². The third-order valence-corrected chi connectivity index (χ3v) is 4.22. The number of ether oxygens (including phenoxy) is 1. The molecule has 0 saturated heterocycles. The first kappa shape index (κ1) is 11.4. The number of hydrogen-bond donors (Lipinski definition) is 0. The van der Waals surface area contributed by atoms with Crippen LogP contribution in [0.1, 0.15) is 15.9 Å². The molecular formula is C15H12O2S. The smallest absolute Gasteiger partial charge is 0.168 e. The minimum atomic E-state index is 0.154. The maximum Gasteiger partial charge on any atom is 0.168 e. The number of hydrogen-bond acceptors (Lipinski definition) is 3. The zero-order valence-electron chi connectivity index (χ0n) is 9.97. The fourth-order valence-corrected chi connectivity index (χ4v) is 3.15. The van der Waals surface area contributed by atoms with Crippen molar-refractivity contribution in [3.63, 3.8) is 0 Å². The van der Waals surface area contributed by atoms with Gasteiger partial charge in [0.25, 0.3) is 0 Å². The summed E-state index contributed by atoms with van der Waals surface area (Å²) < 4.78 is 5.19. The van der Waals surface area contributed by atoms with Crippen LogP contribution in [0.4, 0.5) is 0 Å². The minimum absolute atomic E-state index is 0.154. The van der Waals surface area contributed by atoms with Crippen LogP contribution in [0.5, 0.6) is 5.75 Å². The molecule has 1 aliphatic heterocycles. The largest absolute Gasteiger partial charge is 0.497 e. The van der Waals surface area contributed by atoms with E-state index in [1.165, 1.54) is 0 Å². The molecule has 2 aromatic rings. The van der Waals surface area contributed by atoms with Crippen LogP contribution in [-0.4, -0.2) is 12.9 Å². The first-order chi connectivity index (χ1) is 8.78. The quantitative estimate of drug-likeness (QED) is 0.780. The highest BCUT2D eigenvalue weighted by molar-refractivity contribution is 7.99. The lowest BCUT2D eigenvalue weighted by Gasteiger charge is -2.06. The molecule has 1 aliphatic rings. The van der Waals surface area contributed by atoms with Gasteiger partial charge in [-0.15, -0.1) is 0 Å². The molecule has 0 aliphatic carbocycles. The highest BCUT2D eigenvalue weighted by Gasteiger charge is 2.20. The predicted molar refractivity (Wildman–Crippen MR) is 71.6 cm³/mol. The monoisotopic (exact) mass is 256 g/mol. The maximum atomic E-state index is 12.3. The molecule has 0 unspecified atom stereocenters. The van der Waals surface area contributed by atoms with E-state index in [1.54, 1.807) is 18.9 Å². The first-order valence-corrected chi connectivity index (χ1v) is 6.56. The molecule has 0 spiro atoms. The van der Waals surface area contributed by atoms with E-state index in [4.69, 9.17) is 4.74 Å². The Bertz CT molecular complexity index is 620. The van der Waals surface area contributed by atoms with Gasteiger partial charge in [0.05, 0.1) is 7.11 Å². The fourth-order valence-electron chi connectivity index (χ4n) is 2.08. The van der Waals surface area contributed by atoms with Crippen LogP contribution in [-0.2, 0) is 6.42 Å². The number of methoxy groups -OCH3 is 1. The molecule has 18 heavy (non-hydrogen) atoms. The van der Waals surface area contributed by atoms with Crippen LogP contribution in [0.25, 0.3) is 0 Å². The number of ketones is 1. The SMILES string of the molecule is COc1ccc2c(c1)C(=O)Cc1ccccc1S2. The van der Waals surface area contributed by atoms with E-state index in [0.717, 1.165) is 26.7 Å². The van der Waals surface area contributed by atoms with E-state index >= 15 is 0 Å². The third-order valence-electron chi connectivity index (χ3n) is 3.03. The summed E-state index contributed by atoms with van der Waals surface area (Å²) in [6.45, 7) is 0. The summed E-state index contributed by atoms with van der Waals surface area (Å²) in [6.07, 6.45) is 0.462. The van der Waals surface area contributed by atoms with Crippen LogP contribution >= 0.6 is 11.8 Å². The molecule has 0 bridgehead atoms. The molecule has 3 heteroatoms. The molecule has 2 nitrogen and oxygen atoms in total. The standard InChI is InChI=1S/C15H12O2S/c1-17-11-6-7-15-12(9-11)13(16)8-10-4-2-3-5-14(10)18-15/h2-7,9H,8H2,1H3. The molecule has 0 atom stereocenters. The van der Waals surface area contributed by atoms with Crippen LogP contribution < -0.4 is 4.74 Å². The number of fused-ring (bicyclic) bond motifs is 2. The summed E-state index contributed by atoms with van der Waals surface area (Å²) in [6, 6.07) is 13.7. The molecule has 0 aromatic heterocycles. The van der Waals surface area contributed by atoms with Crippen molar-refractivity contribution >= 4 is 17.5 Å². The summed E-state index contributed by atoms with van der Waals surface area (Å²) >= 11 is 1.65. The highest BCUT2D eigenvalue weighted by atomic mass is 32.2. The third kappa shape index (κ3) is 1.91. The van der Waals surface area contributed by atoms with Gasteiger partial charge < -0.3 is 4.74 Å².